The van der Waals surface area contributed by atoms with Crippen molar-refractivity contribution < 1.29 is 9.47 Å². The first-order chi connectivity index (χ1) is 9.78. The van der Waals surface area contributed by atoms with E-state index in [9.17, 15) is 0 Å². The summed E-state index contributed by atoms with van der Waals surface area (Å²) in [5, 5.41) is 3.38. The maximum Gasteiger partial charge on any atom is 0.161 e. The Hall–Kier alpha value is -1.59. The van der Waals surface area contributed by atoms with Crippen LogP contribution in [0.15, 0.2) is 24.3 Å². The van der Waals surface area contributed by atoms with Crippen molar-refractivity contribution in [2.45, 2.75) is 19.9 Å². The molecular formula is C15H20N2O2S. The van der Waals surface area contributed by atoms with Crippen molar-refractivity contribution in [2.75, 3.05) is 20.8 Å². The van der Waals surface area contributed by atoms with Crippen LogP contribution in [0, 0.1) is 0 Å². The molecule has 0 spiro atoms. The zero-order valence-electron chi connectivity index (χ0n) is 12.1. The van der Waals surface area contributed by atoms with Gasteiger partial charge in [0.2, 0.25) is 0 Å². The van der Waals surface area contributed by atoms with Crippen molar-refractivity contribution >= 4 is 11.5 Å². The summed E-state index contributed by atoms with van der Waals surface area (Å²) in [7, 11) is 3.28. The first kappa shape index (κ1) is 14.8. The minimum Gasteiger partial charge on any atom is -0.493 e. The maximum absolute atomic E-state index is 5.32. The summed E-state index contributed by atoms with van der Waals surface area (Å²) in [6.07, 6.45) is 1.14. The molecule has 108 valence electrons. The number of nitrogens with one attached hydrogen (secondary N) is 1. The van der Waals surface area contributed by atoms with E-state index >= 15 is 0 Å². The summed E-state index contributed by atoms with van der Waals surface area (Å²) in [5.74, 6) is 1.46. The van der Waals surface area contributed by atoms with Gasteiger partial charge in [0.15, 0.2) is 11.5 Å². The van der Waals surface area contributed by atoms with Crippen LogP contribution in [-0.4, -0.2) is 25.1 Å². The van der Waals surface area contributed by atoms with E-state index in [1.54, 1.807) is 14.2 Å². The zero-order chi connectivity index (χ0) is 14.4. The third-order valence-corrected chi connectivity index (χ3v) is 3.75. The molecule has 1 aromatic heterocycles. The fourth-order valence-electron chi connectivity index (χ4n) is 1.92. The van der Waals surface area contributed by atoms with Crippen molar-refractivity contribution in [3.8, 4) is 22.8 Å². The lowest BCUT2D eigenvalue weighted by Crippen LogP contribution is -2.12. The Morgan fingerprint density at radius 3 is 2.65 bits per heavy atom. The molecule has 0 unspecified atom stereocenters. The second-order valence-electron chi connectivity index (χ2n) is 4.43. The van der Waals surface area contributed by atoms with Crippen molar-refractivity contribution in [3.05, 3.63) is 29.1 Å². The molecule has 0 amide bonds. The summed E-state index contributed by atoms with van der Waals surface area (Å²) < 4.78 is 15.1. The highest BCUT2D eigenvalue weighted by molar-refractivity contribution is 7.06. The minimum absolute atomic E-state index is 0.726. The minimum atomic E-state index is 0.726. The lowest BCUT2D eigenvalue weighted by Gasteiger charge is -2.08. The molecule has 1 aromatic carbocycles. The van der Waals surface area contributed by atoms with E-state index in [2.05, 4.69) is 22.7 Å². The molecule has 0 aliphatic rings. The molecule has 0 radical (unpaired) electrons. The fourth-order valence-corrected chi connectivity index (χ4v) is 2.62. The zero-order valence-corrected chi connectivity index (χ0v) is 12.9. The summed E-state index contributed by atoms with van der Waals surface area (Å²) in [5.41, 5.74) is 2.02. The molecule has 1 heterocycles. The first-order valence-corrected chi connectivity index (χ1v) is 7.44. The number of aromatic nitrogens is 1. The highest BCUT2D eigenvalue weighted by Crippen LogP contribution is 2.32. The topological polar surface area (TPSA) is 43.4 Å². The number of benzene rings is 1. The Balaban J connectivity index is 2.15. The molecule has 0 saturated carbocycles. The predicted molar refractivity (Wildman–Crippen MR) is 82.7 cm³/mol. The third kappa shape index (κ3) is 3.49. The van der Waals surface area contributed by atoms with Gasteiger partial charge in [0, 0.05) is 17.0 Å². The van der Waals surface area contributed by atoms with Crippen LogP contribution in [0.5, 0.6) is 11.5 Å². The molecule has 0 saturated heterocycles. The van der Waals surface area contributed by atoms with E-state index in [0.29, 0.717) is 0 Å². The first-order valence-electron chi connectivity index (χ1n) is 6.67. The third-order valence-electron chi connectivity index (χ3n) is 2.96. The van der Waals surface area contributed by atoms with Gasteiger partial charge in [0.25, 0.3) is 0 Å². The van der Waals surface area contributed by atoms with Gasteiger partial charge in [0.1, 0.15) is 0 Å². The van der Waals surface area contributed by atoms with E-state index < -0.39 is 0 Å². The summed E-state index contributed by atoms with van der Waals surface area (Å²) >= 11 is 1.53. The molecule has 20 heavy (non-hydrogen) atoms. The van der Waals surface area contributed by atoms with E-state index in [-0.39, 0.29) is 0 Å². The molecule has 5 heteroatoms. The van der Waals surface area contributed by atoms with E-state index in [0.717, 1.165) is 42.3 Å². The van der Waals surface area contributed by atoms with Crippen molar-refractivity contribution in [1.82, 2.24) is 9.69 Å². The van der Waals surface area contributed by atoms with Crippen molar-refractivity contribution in [1.29, 1.82) is 0 Å². The molecular weight excluding hydrogens is 272 g/mol. The van der Waals surface area contributed by atoms with Crippen LogP contribution in [0.2, 0.25) is 0 Å². The molecule has 0 fully saturated rings. The average molecular weight is 292 g/mol. The highest BCUT2D eigenvalue weighted by atomic mass is 32.1. The van der Waals surface area contributed by atoms with Crippen molar-refractivity contribution in [3.63, 3.8) is 0 Å². The number of ether oxygens (including phenoxy) is 2. The summed E-state index contributed by atoms with van der Waals surface area (Å²) in [4.78, 5) is 1.24. The molecule has 4 nitrogen and oxygen atoms in total. The lowest BCUT2D eigenvalue weighted by molar-refractivity contribution is 0.355. The highest BCUT2D eigenvalue weighted by Gasteiger charge is 2.09. The molecule has 0 bridgehead atoms. The Labute approximate surface area is 123 Å². The van der Waals surface area contributed by atoms with E-state index in [1.165, 1.54) is 16.4 Å². The Kier molecular flexibility index (Phi) is 5.38. The quantitative estimate of drug-likeness (QED) is 0.795. The van der Waals surface area contributed by atoms with Gasteiger partial charge in [-0.3, -0.25) is 0 Å². The van der Waals surface area contributed by atoms with Crippen LogP contribution < -0.4 is 14.8 Å². The van der Waals surface area contributed by atoms with Gasteiger partial charge < -0.3 is 14.8 Å². The smallest absolute Gasteiger partial charge is 0.161 e. The second-order valence-corrected chi connectivity index (χ2v) is 5.31. The fraction of sp³-hybridized carbons (Fsp3) is 0.400. The van der Waals surface area contributed by atoms with Crippen LogP contribution in [0.4, 0.5) is 0 Å². The Bertz CT molecular complexity index is 555. The number of rotatable bonds is 7. The van der Waals surface area contributed by atoms with Gasteiger partial charge in [-0.15, -0.1) is 0 Å². The van der Waals surface area contributed by atoms with E-state index in [4.69, 9.17) is 9.47 Å². The maximum atomic E-state index is 5.32. The van der Waals surface area contributed by atoms with Crippen LogP contribution in [0.1, 0.15) is 18.2 Å². The van der Waals surface area contributed by atoms with Crippen LogP contribution in [0.3, 0.4) is 0 Å². The standard InChI is InChI=1S/C15H20N2O2S/c1-4-7-16-10-12-9-13(17-20-12)11-5-6-14(18-2)15(8-11)19-3/h5-6,8-9,16H,4,7,10H2,1-3H3. The second kappa shape index (κ2) is 7.26. The van der Waals surface area contributed by atoms with Gasteiger partial charge in [-0.25, -0.2) is 0 Å². The molecule has 1 N–H and O–H groups in total. The SMILES string of the molecule is CCCNCc1cc(-c2ccc(OC)c(OC)c2)ns1. The lowest BCUT2D eigenvalue weighted by atomic mass is 10.1. The van der Waals surface area contributed by atoms with Crippen molar-refractivity contribution in [2.24, 2.45) is 0 Å². The van der Waals surface area contributed by atoms with Crippen LogP contribution in [-0.2, 0) is 6.54 Å². The normalized spacial score (nSPS) is 10.6. The molecule has 2 aromatic rings. The van der Waals surface area contributed by atoms with E-state index in [1.807, 2.05) is 18.2 Å². The average Bonchev–Trinajstić information content (AvgIpc) is 2.95. The van der Waals surface area contributed by atoms with Gasteiger partial charge in [-0.2, -0.15) is 4.37 Å². The van der Waals surface area contributed by atoms with Gasteiger partial charge in [-0.05, 0) is 48.8 Å². The predicted octanol–water partition coefficient (Wildman–Crippen LogP) is 3.33. The molecule has 2 rings (SSSR count). The van der Waals surface area contributed by atoms with Gasteiger partial charge >= 0.3 is 0 Å². The summed E-state index contributed by atoms with van der Waals surface area (Å²) in [6, 6.07) is 7.98. The van der Waals surface area contributed by atoms with Gasteiger partial charge in [0.05, 0.1) is 19.9 Å². The number of methoxy groups -OCH3 is 2. The Morgan fingerprint density at radius 2 is 1.95 bits per heavy atom. The number of nitrogens with zero attached hydrogens (tertiary/aromatic N) is 1. The number of hydrogen-bond donors (Lipinski definition) is 1. The largest absolute Gasteiger partial charge is 0.493 e. The van der Waals surface area contributed by atoms with Crippen LogP contribution >= 0.6 is 11.5 Å². The molecule has 0 aliphatic heterocycles. The Morgan fingerprint density at radius 1 is 1.15 bits per heavy atom. The molecule has 0 aliphatic carbocycles. The van der Waals surface area contributed by atoms with Gasteiger partial charge in [-0.1, -0.05) is 6.92 Å². The monoisotopic (exact) mass is 292 g/mol. The van der Waals surface area contributed by atoms with Crippen LogP contribution in [0.25, 0.3) is 11.3 Å². The molecule has 0 atom stereocenters. The summed E-state index contributed by atoms with van der Waals surface area (Å²) in [6.45, 7) is 4.07. The number of hydrogen-bond acceptors (Lipinski definition) is 5.